The Labute approximate surface area is 159 Å². The monoisotopic (exact) mass is 373 g/mol. The first-order chi connectivity index (χ1) is 12.8. The minimum Gasteiger partial charge on any atom is -0.372 e. The summed E-state index contributed by atoms with van der Waals surface area (Å²) in [5.74, 6) is -0.461. The number of piperazine rings is 1. The number of hydrogen-bond acceptors (Lipinski definition) is 4. The SMILES string of the molecule is C[C@@H]1CN(C(=O)CN2C(=O)CN(Cc3ccccc3)C(=O)[C@@H]2C)C[C@H](C)O1. The van der Waals surface area contributed by atoms with Crippen molar-refractivity contribution in [1.29, 1.82) is 0 Å². The molecular formula is C20H27N3O4. The highest BCUT2D eigenvalue weighted by molar-refractivity contribution is 5.96. The molecule has 1 aromatic rings. The summed E-state index contributed by atoms with van der Waals surface area (Å²) in [7, 11) is 0. The van der Waals surface area contributed by atoms with Gasteiger partial charge in [0.05, 0.1) is 12.2 Å². The summed E-state index contributed by atoms with van der Waals surface area (Å²) in [6.45, 7) is 6.89. The highest BCUT2D eigenvalue weighted by Crippen LogP contribution is 2.17. The maximum absolute atomic E-state index is 12.7. The molecule has 2 aliphatic heterocycles. The Morgan fingerprint density at radius 1 is 1.07 bits per heavy atom. The average molecular weight is 373 g/mol. The van der Waals surface area contributed by atoms with Gasteiger partial charge in [-0.25, -0.2) is 0 Å². The van der Waals surface area contributed by atoms with Crippen molar-refractivity contribution in [2.75, 3.05) is 26.2 Å². The zero-order valence-corrected chi connectivity index (χ0v) is 16.1. The van der Waals surface area contributed by atoms with E-state index >= 15 is 0 Å². The molecule has 1 aromatic carbocycles. The van der Waals surface area contributed by atoms with Gasteiger partial charge >= 0.3 is 0 Å². The number of amides is 3. The molecule has 146 valence electrons. The van der Waals surface area contributed by atoms with Crippen LogP contribution in [0.1, 0.15) is 26.3 Å². The number of rotatable bonds is 4. The van der Waals surface area contributed by atoms with Crippen LogP contribution >= 0.6 is 0 Å². The lowest BCUT2D eigenvalue weighted by Crippen LogP contribution is -2.61. The van der Waals surface area contributed by atoms with Crippen molar-refractivity contribution < 1.29 is 19.1 Å². The topological polar surface area (TPSA) is 70.2 Å². The number of carbonyl (C=O) groups is 3. The second-order valence-electron chi connectivity index (χ2n) is 7.43. The molecule has 2 saturated heterocycles. The van der Waals surface area contributed by atoms with E-state index in [-0.39, 0.29) is 43.0 Å². The number of benzene rings is 1. The Morgan fingerprint density at radius 2 is 1.70 bits per heavy atom. The maximum atomic E-state index is 12.7. The van der Waals surface area contributed by atoms with Crippen LogP contribution in [0.25, 0.3) is 0 Å². The maximum Gasteiger partial charge on any atom is 0.245 e. The molecule has 27 heavy (non-hydrogen) atoms. The highest BCUT2D eigenvalue weighted by atomic mass is 16.5. The van der Waals surface area contributed by atoms with E-state index in [1.165, 1.54) is 4.90 Å². The number of hydrogen-bond donors (Lipinski definition) is 0. The van der Waals surface area contributed by atoms with Crippen molar-refractivity contribution in [2.45, 2.75) is 45.6 Å². The largest absolute Gasteiger partial charge is 0.372 e. The number of morpholine rings is 1. The van der Waals surface area contributed by atoms with Crippen LogP contribution in [0, 0.1) is 0 Å². The van der Waals surface area contributed by atoms with Gasteiger partial charge in [0.15, 0.2) is 0 Å². The lowest BCUT2D eigenvalue weighted by Gasteiger charge is -2.40. The first-order valence-corrected chi connectivity index (χ1v) is 9.40. The van der Waals surface area contributed by atoms with Gasteiger partial charge in [-0.05, 0) is 26.3 Å². The van der Waals surface area contributed by atoms with Gasteiger partial charge in [-0.2, -0.15) is 0 Å². The second kappa shape index (κ2) is 8.08. The van der Waals surface area contributed by atoms with Crippen LogP contribution in [0.15, 0.2) is 30.3 Å². The molecule has 7 nitrogen and oxygen atoms in total. The van der Waals surface area contributed by atoms with E-state index in [0.29, 0.717) is 19.6 Å². The van der Waals surface area contributed by atoms with Crippen LogP contribution in [0.2, 0.25) is 0 Å². The summed E-state index contributed by atoms with van der Waals surface area (Å²) in [5.41, 5.74) is 0.978. The second-order valence-corrected chi connectivity index (χ2v) is 7.43. The van der Waals surface area contributed by atoms with Crippen LogP contribution in [-0.2, 0) is 25.7 Å². The minimum absolute atomic E-state index is 0.00125. The van der Waals surface area contributed by atoms with Gasteiger partial charge in [0.1, 0.15) is 19.1 Å². The van der Waals surface area contributed by atoms with Crippen LogP contribution < -0.4 is 0 Å². The van der Waals surface area contributed by atoms with Gasteiger partial charge in [-0.3, -0.25) is 14.4 Å². The Bertz CT molecular complexity index is 698. The fraction of sp³-hybridized carbons (Fsp3) is 0.550. The smallest absolute Gasteiger partial charge is 0.245 e. The van der Waals surface area contributed by atoms with Gasteiger partial charge in [0.2, 0.25) is 17.7 Å². The lowest BCUT2D eigenvalue weighted by molar-refractivity contribution is -0.160. The Balaban J connectivity index is 1.63. The van der Waals surface area contributed by atoms with Crippen LogP contribution in [0.5, 0.6) is 0 Å². The molecular weight excluding hydrogens is 346 g/mol. The third-order valence-corrected chi connectivity index (χ3v) is 5.08. The van der Waals surface area contributed by atoms with Crippen molar-refractivity contribution >= 4 is 17.7 Å². The fourth-order valence-electron chi connectivity index (χ4n) is 3.74. The zero-order chi connectivity index (χ0) is 19.6. The first-order valence-electron chi connectivity index (χ1n) is 9.40. The molecule has 0 spiro atoms. The van der Waals surface area contributed by atoms with Crippen molar-refractivity contribution in [3.63, 3.8) is 0 Å². The van der Waals surface area contributed by atoms with Gasteiger partial charge in [0, 0.05) is 19.6 Å². The van der Waals surface area contributed by atoms with Crippen molar-refractivity contribution in [2.24, 2.45) is 0 Å². The van der Waals surface area contributed by atoms with Crippen LogP contribution in [0.4, 0.5) is 0 Å². The molecule has 0 radical (unpaired) electrons. The van der Waals surface area contributed by atoms with E-state index in [0.717, 1.165) is 5.56 Å². The summed E-state index contributed by atoms with van der Waals surface area (Å²) in [4.78, 5) is 42.7. The highest BCUT2D eigenvalue weighted by Gasteiger charge is 2.38. The molecule has 0 unspecified atom stereocenters. The molecule has 3 amide bonds. The molecule has 0 bridgehead atoms. The third-order valence-electron chi connectivity index (χ3n) is 5.08. The molecule has 7 heteroatoms. The van der Waals surface area contributed by atoms with E-state index in [9.17, 15) is 14.4 Å². The van der Waals surface area contributed by atoms with Gasteiger partial charge in [-0.1, -0.05) is 30.3 Å². The molecule has 2 heterocycles. The Hall–Kier alpha value is -2.41. The van der Waals surface area contributed by atoms with Crippen molar-refractivity contribution in [1.82, 2.24) is 14.7 Å². The standard InChI is InChI=1S/C20H27N3O4/c1-14-9-21(10-15(2)27-14)18(24)13-23-16(3)20(26)22(12-19(23)25)11-17-7-5-4-6-8-17/h4-8,14-16H,9-13H2,1-3H3/t14-,15+,16-/m0/s1. The van der Waals surface area contributed by atoms with Crippen LogP contribution in [-0.4, -0.2) is 76.9 Å². The number of carbonyl (C=O) groups excluding carboxylic acids is 3. The predicted octanol–water partition coefficient (Wildman–Crippen LogP) is 0.882. The quantitative estimate of drug-likeness (QED) is 0.786. The molecule has 0 aliphatic carbocycles. The molecule has 2 fully saturated rings. The summed E-state index contributed by atoms with van der Waals surface area (Å²) in [6.07, 6.45) is -0.0645. The van der Waals surface area contributed by atoms with Gasteiger partial charge < -0.3 is 19.4 Å². The van der Waals surface area contributed by atoms with Crippen molar-refractivity contribution in [3.05, 3.63) is 35.9 Å². The van der Waals surface area contributed by atoms with Crippen molar-refractivity contribution in [3.8, 4) is 0 Å². The summed E-state index contributed by atoms with van der Waals surface area (Å²) < 4.78 is 5.65. The summed E-state index contributed by atoms with van der Waals surface area (Å²) in [6, 6.07) is 8.94. The molecule has 0 saturated carbocycles. The van der Waals surface area contributed by atoms with E-state index in [4.69, 9.17) is 4.74 Å². The first kappa shape index (κ1) is 19.4. The summed E-state index contributed by atoms with van der Waals surface area (Å²) in [5, 5.41) is 0. The lowest BCUT2D eigenvalue weighted by atomic mass is 10.1. The molecule has 2 aliphatic rings. The van der Waals surface area contributed by atoms with E-state index in [1.54, 1.807) is 16.7 Å². The minimum atomic E-state index is -0.644. The van der Waals surface area contributed by atoms with E-state index in [2.05, 4.69) is 0 Å². The third kappa shape index (κ3) is 4.47. The Kier molecular flexibility index (Phi) is 5.79. The average Bonchev–Trinajstić information content (AvgIpc) is 2.63. The molecule has 3 rings (SSSR count). The normalized spacial score (nSPS) is 26.5. The molecule has 0 N–H and O–H groups in total. The van der Waals surface area contributed by atoms with Gasteiger partial charge in [0.25, 0.3) is 0 Å². The van der Waals surface area contributed by atoms with E-state index < -0.39 is 6.04 Å². The summed E-state index contributed by atoms with van der Waals surface area (Å²) >= 11 is 0. The zero-order valence-electron chi connectivity index (χ0n) is 16.1. The Morgan fingerprint density at radius 3 is 2.33 bits per heavy atom. The van der Waals surface area contributed by atoms with E-state index in [1.807, 2.05) is 44.2 Å². The van der Waals surface area contributed by atoms with Crippen LogP contribution in [0.3, 0.4) is 0 Å². The molecule has 3 atom stereocenters. The number of ether oxygens (including phenoxy) is 1. The predicted molar refractivity (Wildman–Crippen MR) is 99.6 cm³/mol. The molecule has 0 aromatic heterocycles. The van der Waals surface area contributed by atoms with Gasteiger partial charge in [-0.15, -0.1) is 0 Å². The fourth-order valence-corrected chi connectivity index (χ4v) is 3.74. The number of nitrogens with zero attached hydrogens (tertiary/aromatic N) is 3.